The molecule has 0 radical (unpaired) electrons. The molecule has 26 heavy (non-hydrogen) atoms. The van der Waals surface area contributed by atoms with Gasteiger partial charge >= 0.3 is 6.03 Å². The van der Waals surface area contributed by atoms with Crippen LogP contribution in [0.1, 0.15) is 10.4 Å². The molecule has 132 valence electrons. The van der Waals surface area contributed by atoms with Crippen LogP contribution < -0.4 is 10.6 Å². The lowest BCUT2D eigenvalue weighted by molar-refractivity contribution is 0.0950. The lowest BCUT2D eigenvalue weighted by atomic mass is 10.2. The van der Waals surface area contributed by atoms with Gasteiger partial charge in [-0.05, 0) is 18.2 Å². The number of hydrogen-bond donors (Lipinski definition) is 2. The summed E-state index contributed by atoms with van der Waals surface area (Å²) < 4.78 is 1.88. The first-order valence-electron chi connectivity index (χ1n) is 8.42. The molecule has 0 atom stereocenters. The van der Waals surface area contributed by atoms with E-state index < -0.39 is 0 Å². The molecule has 1 aliphatic heterocycles. The summed E-state index contributed by atoms with van der Waals surface area (Å²) in [5.74, 6) is -0.228. The van der Waals surface area contributed by atoms with Crippen LogP contribution in [0.4, 0.5) is 4.79 Å². The van der Waals surface area contributed by atoms with Crippen LogP contribution in [0.2, 0.25) is 0 Å². The van der Waals surface area contributed by atoms with Crippen LogP contribution in [-0.2, 0) is 0 Å². The Bertz CT molecular complexity index is 953. The maximum absolute atomic E-state index is 12.3. The number of urea groups is 1. The number of fused-ring (bicyclic) bond motifs is 1. The summed E-state index contributed by atoms with van der Waals surface area (Å²) >= 11 is 0. The number of para-hydroxylation sites is 1. The smallest absolute Gasteiger partial charge is 0.317 e. The van der Waals surface area contributed by atoms with Gasteiger partial charge in [-0.2, -0.15) is 0 Å². The number of imidazole rings is 1. The van der Waals surface area contributed by atoms with E-state index in [0.717, 1.165) is 5.69 Å². The van der Waals surface area contributed by atoms with Crippen LogP contribution in [-0.4, -0.2) is 57.6 Å². The van der Waals surface area contributed by atoms with E-state index in [9.17, 15) is 9.59 Å². The number of hydrogen-bond acceptors (Lipinski definition) is 4. The molecular formula is C18H18N6O2. The molecule has 0 unspecified atom stereocenters. The van der Waals surface area contributed by atoms with Gasteiger partial charge in [-0.1, -0.05) is 18.2 Å². The Kier molecular flexibility index (Phi) is 4.22. The quantitative estimate of drug-likeness (QED) is 0.723. The van der Waals surface area contributed by atoms with E-state index in [1.807, 2.05) is 34.9 Å². The van der Waals surface area contributed by atoms with Gasteiger partial charge in [0, 0.05) is 38.1 Å². The molecule has 8 nitrogen and oxygen atoms in total. The molecule has 1 aliphatic rings. The Morgan fingerprint density at radius 2 is 2.08 bits per heavy atom. The lowest BCUT2D eigenvalue weighted by Gasteiger charge is -2.14. The Labute approximate surface area is 149 Å². The molecule has 4 rings (SSSR count). The molecular weight excluding hydrogens is 332 g/mol. The summed E-state index contributed by atoms with van der Waals surface area (Å²) in [6, 6.07) is 11.4. The predicted octanol–water partition coefficient (Wildman–Crippen LogP) is 1.18. The largest absolute Gasteiger partial charge is 0.350 e. The van der Waals surface area contributed by atoms with E-state index in [1.54, 1.807) is 23.5 Å². The monoisotopic (exact) mass is 350 g/mol. The van der Waals surface area contributed by atoms with Crippen molar-refractivity contribution in [3.05, 3.63) is 54.5 Å². The third kappa shape index (κ3) is 3.08. The fourth-order valence-electron chi connectivity index (χ4n) is 2.93. The van der Waals surface area contributed by atoms with Gasteiger partial charge in [0.25, 0.3) is 5.91 Å². The van der Waals surface area contributed by atoms with Gasteiger partial charge in [0.2, 0.25) is 0 Å². The second kappa shape index (κ2) is 6.83. The Morgan fingerprint density at radius 3 is 2.85 bits per heavy atom. The maximum Gasteiger partial charge on any atom is 0.317 e. The highest BCUT2D eigenvalue weighted by Crippen LogP contribution is 2.17. The summed E-state index contributed by atoms with van der Waals surface area (Å²) in [4.78, 5) is 34.2. The lowest BCUT2D eigenvalue weighted by Crippen LogP contribution is -2.36. The summed E-state index contributed by atoms with van der Waals surface area (Å²) in [6.45, 7) is 2.19. The number of amides is 3. The highest BCUT2D eigenvalue weighted by Gasteiger charge is 2.19. The van der Waals surface area contributed by atoms with E-state index in [1.165, 1.54) is 0 Å². The Morgan fingerprint density at radius 1 is 1.23 bits per heavy atom. The van der Waals surface area contributed by atoms with Crippen molar-refractivity contribution in [1.29, 1.82) is 0 Å². The molecule has 2 N–H and O–H groups in total. The van der Waals surface area contributed by atoms with Crippen molar-refractivity contribution in [2.75, 3.05) is 26.2 Å². The van der Waals surface area contributed by atoms with Gasteiger partial charge in [-0.15, -0.1) is 0 Å². The molecule has 8 heteroatoms. The zero-order valence-corrected chi connectivity index (χ0v) is 14.1. The zero-order chi connectivity index (χ0) is 17.9. The normalized spacial score (nSPS) is 13.8. The van der Waals surface area contributed by atoms with Crippen LogP contribution in [0.5, 0.6) is 0 Å². The minimum atomic E-state index is -0.228. The second-order valence-corrected chi connectivity index (χ2v) is 5.99. The van der Waals surface area contributed by atoms with Crippen molar-refractivity contribution in [2.45, 2.75) is 0 Å². The molecule has 3 heterocycles. The molecule has 3 aromatic rings. The fourth-order valence-corrected chi connectivity index (χ4v) is 2.93. The van der Waals surface area contributed by atoms with Crippen LogP contribution >= 0.6 is 0 Å². The second-order valence-electron chi connectivity index (χ2n) is 5.99. The summed E-state index contributed by atoms with van der Waals surface area (Å²) in [7, 11) is 0. The van der Waals surface area contributed by atoms with Gasteiger partial charge in [0.15, 0.2) is 5.65 Å². The van der Waals surface area contributed by atoms with E-state index >= 15 is 0 Å². The van der Waals surface area contributed by atoms with E-state index in [0.29, 0.717) is 42.9 Å². The summed E-state index contributed by atoms with van der Waals surface area (Å²) in [5, 5.41) is 5.54. The minimum Gasteiger partial charge on any atom is -0.350 e. The molecule has 3 amide bonds. The number of benzene rings is 1. The first-order chi connectivity index (χ1) is 12.7. The molecule has 0 spiro atoms. The molecule has 0 saturated carbocycles. The Hall–Kier alpha value is -3.42. The molecule has 0 bridgehead atoms. The first kappa shape index (κ1) is 16.1. The van der Waals surface area contributed by atoms with Crippen molar-refractivity contribution < 1.29 is 9.59 Å². The van der Waals surface area contributed by atoms with E-state index in [-0.39, 0.29) is 11.9 Å². The van der Waals surface area contributed by atoms with Gasteiger partial charge in [-0.3, -0.25) is 9.36 Å². The van der Waals surface area contributed by atoms with Crippen molar-refractivity contribution in [3.8, 4) is 5.69 Å². The molecule has 2 aromatic heterocycles. The van der Waals surface area contributed by atoms with Crippen molar-refractivity contribution >= 4 is 23.1 Å². The van der Waals surface area contributed by atoms with E-state index in [2.05, 4.69) is 20.6 Å². The standard InChI is InChI=1S/C18H18N6O2/c25-17(19-6-8-23-9-7-20-18(23)26)13-10-15-16(21-11-13)24(12-22-15)14-4-2-1-3-5-14/h1-5,10-12H,6-9H2,(H,19,25)(H,20,26). The number of carbonyl (C=O) groups excluding carboxylic acids is 2. The number of rotatable bonds is 5. The number of aromatic nitrogens is 3. The van der Waals surface area contributed by atoms with Crippen LogP contribution in [0.3, 0.4) is 0 Å². The third-order valence-electron chi connectivity index (χ3n) is 4.30. The molecule has 1 saturated heterocycles. The average molecular weight is 350 g/mol. The number of carbonyl (C=O) groups is 2. The number of pyridine rings is 1. The van der Waals surface area contributed by atoms with Crippen molar-refractivity contribution in [3.63, 3.8) is 0 Å². The first-order valence-corrected chi connectivity index (χ1v) is 8.42. The minimum absolute atomic E-state index is 0.0891. The number of nitrogens with one attached hydrogen (secondary N) is 2. The predicted molar refractivity (Wildman–Crippen MR) is 96.2 cm³/mol. The van der Waals surface area contributed by atoms with E-state index in [4.69, 9.17) is 0 Å². The van der Waals surface area contributed by atoms with Crippen LogP contribution in [0.25, 0.3) is 16.9 Å². The summed E-state index contributed by atoms with van der Waals surface area (Å²) in [5.41, 5.74) is 2.76. The SMILES string of the molecule is O=C(NCCN1CCNC1=O)c1cnc2c(c1)ncn2-c1ccccc1. The van der Waals surface area contributed by atoms with Crippen molar-refractivity contribution in [2.24, 2.45) is 0 Å². The topological polar surface area (TPSA) is 92.2 Å². The summed E-state index contributed by atoms with van der Waals surface area (Å²) in [6.07, 6.45) is 3.24. The van der Waals surface area contributed by atoms with Gasteiger partial charge in [0.1, 0.15) is 11.8 Å². The fraction of sp³-hybridized carbons (Fsp3) is 0.222. The van der Waals surface area contributed by atoms with Gasteiger partial charge < -0.3 is 15.5 Å². The maximum atomic E-state index is 12.3. The average Bonchev–Trinajstić information content (AvgIpc) is 3.28. The molecule has 0 aliphatic carbocycles. The zero-order valence-electron chi connectivity index (χ0n) is 14.1. The van der Waals surface area contributed by atoms with Gasteiger partial charge in [-0.25, -0.2) is 14.8 Å². The molecule has 1 aromatic carbocycles. The van der Waals surface area contributed by atoms with Crippen LogP contribution in [0, 0.1) is 0 Å². The van der Waals surface area contributed by atoms with Crippen LogP contribution in [0.15, 0.2) is 48.9 Å². The number of nitrogens with zero attached hydrogens (tertiary/aromatic N) is 4. The van der Waals surface area contributed by atoms with Crippen molar-refractivity contribution in [1.82, 2.24) is 30.1 Å². The van der Waals surface area contributed by atoms with Gasteiger partial charge in [0.05, 0.1) is 5.56 Å². The highest BCUT2D eigenvalue weighted by molar-refractivity contribution is 5.96. The highest BCUT2D eigenvalue weighted by atomic mass is 16.2. The molecule has 1 fully saturated rings. The third-order valence-corrected chi connectivity index (χ3v) is 4.30. The Balaban J connectivity index is 1.45.